The third-order valence-corrected chi connectivity index (χ3v) is 8.41. The Balaban J connectivity index is 1.33. The SMILES string of the molecule is CC(C)(COC(c1ccccc1)(c1ccccc1)c1ccccc1)[C@H](O)C(=O)NCCC(=O)NCCSC(=O)c1ccccc1. The minimum Gasteiger partial charge on any atom is -0.383 e. The lowest BCUT2D eigenvalue weighted by molar-refractivity contribution is -0.141. The Morgan fingerprint density at radius 3 is 1.67 bits per heavy atom. The summed E-state index contributed by atoms with van der Waals surface area (Å²) in [6.07, 6.45) is -1.34. The lowest BCUT2D eigenvalue weighted by Gasteiger charge is -2.39. The van der Waals surface area contributed by atoms with E-state index in [4.69, 9.17) is 4.74 Å². The van der Waals surface area contributed by atoms with Crippen LogP contribution in [-0.4, -0.2) is 53.6 Å². The van der Waals surface area contributed by atoms with Crippen molar-refractivity contribution in [2.24, 2.45) is 5.41 Å². The molecule has 7 nitrogen and oxygen atoms in total. The number of hydrogen-bond acceptors (Lipinski definition) is 6. The normalized spacial score (nSPS) is 12.2. The topological polar surface area (TPSA) is 105 Å². The van der Waals surface area contributed by atoms with Gasteiger partial charge in [0.15, 0.2) is 0 Å². The van der Waals surface area contributed by atoms with Crippen LogP contribution in [-0.2, 0) is 19.9 Å². The second kappa shape index (κ2) is 16.2. The molecule has 0 heterocycles. The summed E-state index contributed by atoms with van der Waals surface area (Å²) < 4.78 is 6.84. The van der Waals surface area contributed by atoms with Crippen molar-refractivity contribution in [3.63, 3.8) is 0 Å². The van der Waals surface area contributed by atoms with E-state index in [1.54, 1.807) is 26.0 Å². The molecule has 0 aromatic heterocycles. The molecule has 0 unspecified atom stereocenters. The van der Waals surface area contributed by atoms with E-state index in [0.29, 0.717) is 17.9 Å². The van der Waals surface area contributed by atoms with Crippen molar-refractivity contribution in [1.82, 2.24) is 10.6 Å². The molecule has 0 radical (unpaired) electrons. The van der Waals surface area contributed by atoms with Crippen molar-refractivity contribution in [2.75, 3.05) is 25.4 Å². The standard InChI is InChI=1S/C37H40N2O5S/c1-36(2,33(41)34(42)39-24-23-32(40)38-25-26-45-35(43)28-15-7-3-8-16-28)27-44-37(29-17-9-4-10-18-29,30-19-11-5-12-20-30)31-21-13-6-14-22-31/h3-22,33,41H,23-27H2,1-2H3,(H,38,40)(H,39,42)/t33-/m1/s1. The second-order valence-electron chi connectivity index (χ2n) is 11.4. The van der Waals surface area contributed by atoms with Crippen LogP contribution in [0.1, 0.15) is 47.3 Å². The molecule has 3 N–H and O–H groups in total. The summed E-state index contributed by atoms with van der Waals surface area (Å²) in [7, 11) is 0. The Kier molecular flexibility index (Phi) is 12.1. The van der Waals surface area contributed by atoms with Gasteiger partial charge in [0.2, 0.25) is 16.9 Å². The zero-order valence-electron chi connectivity index (χ0n) is 25.6. The Hall–Kier alpha value is -4.24. The highest BCUT2D eigenvalue weighted by Crippen LogP contribution is 2.42. The minimum absolute atomic E-state index is 0.0474. The lowest BCUT2D eigenvalue weighted by Crippen LogP contribution is -2.48. The molecule has 0 saturated heterocycles. The molecular weight excluding hydrogens is 584 g/mol. The van der Waals surface area contributed by atoms with E-state index in [-0.39, 0.29) is 30.6 Å². The number of amides is 2. The third-order valence-electron chi connectivity index (χ3n) is 7.51. The van der Waals surface area contributed by atoms with E-state index >= 15 is 0 Å². The van der Waals surface area contributed by atoms with Crippen LogP contribution < -0.4 is 10.6 Å². The quantitative estimate of drug-likeness (QED) is 0.118. The fraction of sp³-hybridized carbons (Fsp3) is 0.270. The van der Waals surface area contributed by atoms with Crippen molar-refractivity contribution in [2.45, 2.75) is 32.0 Å². The van der Waals surface area contributed by atoms with E-state index in [2.05, 4.69) is 10.6 Å². The van der Waals surface area contributed by atoms with Gasteiger partial charge in [0.05, 0.1) is 6.61 Å². The fourth-order valence-electron chi connectivity index (χ4n) is 4.97. The van der Waals surface area contributed by atoms with E-state index in [1.165, 1.54) is 0 Å². The summed E-state index contributed by atoms with van der Waals surface area (Å²) in [5.74, 6) is -0.390. The number of hydrogen-bond donors (Lipinski definition) is 3. The molecule has 0 aliphatic carbocycles. The zero-order valence-corrected chi connectivity index (χ0v) is 26.5. The van der Waals surface area contributed by atoms with Crippen molar-refractivity contribution in [1.29, 1.82) is 0 Å². The molecule has 1 atom stereocenters. The number of rotatable bonds is 15. The summed E-state index contributed by atoms with van der Waals surface area (Å²) in [5.41, 5.74) is 1.43. The Morgan fingerprint density at radius 1 is 0.711 bits per heavy atom. The van der Waals surface area contributed by atoms with Crippen molar-refractivity contribution >= 4 is 28.7 Å². The predicted octanol–water partition coefficient (Wildman–Crippen LogP) is 5.58. The van der Waals surface area contributed by atoms with Crippen LogP contribution in [0.25, 0.3) is 0 Å². The van der Waals surface area contributed by atoms with Crippen LogP contribution in [0, 0.1) is 5.41 Å². The Bertz CT molecular complexity index is 1420. The lowest BCUT2D eigenvalue weighted by atomic mass is 9.79. The van der Waals surface area contributed by atoms with Gasteiger partial charge in [-0.05, 0) is 16.7 Å². The molecule has 0 aliphatic rings. The number of ether oxygens (including phenoxy) is 1. The van der Waals surface area contributed by atoms with E-state index in [0.717, 1.165) is 28.5 Å². The molecule has 4 aromatic carbocycles. The number of benzene rings is 4. The number of aliphatic hydroxyl groups is 1. The highest BCUT2D eigenvalue weighted by Gasteiger charge is 2.42. The van der Waals surface area contributed by atoms with Crippen molar-refractivity contribution in [3.8, 4) is 0 Å². The van der Waals surface area contributed by atoms with Gasteiger partial charge in [0.25, 0.3) is 0 Å². The maximum atomic E-state index is 13.0. The monoisotopic (exact) mass is 624 g/mol. The van der Waals surface area contributed by atoms with E-state index < -0.39 is 23.0 Å². The van der Waals surface area contributed by atoms with Gasteiger partial charge in [-0.15, -0.1) is 0 Å². The highest BCUT2D eigenvalue weighted by molar-refractivity contribution is 8.14. The van der Waals surface area contributed by atoms with Gasteiger partial charge in [0.1, 0.15) is 11.7 Å². The Morgan fingerprint density at radius 2 is 1.18 bits per heavy atom. The molecule has 2 amide bonds. The van der Waals surface area contributed by atoms with Crippen LogP contribution in [0.5, 0.6) is 0 Å². The van der Waals surface area contributed by atoms with Gasteiger partial charge >= 0.3 is 0 Å². The van der Waals surface area contributed by atoms with Gasteiger partial charge in [-0.3, -0.25) is 14.4 Å². The molecule has 8 heteroatoms. The molecule has 0 aliphatic heterocycles. The predicted molar refractivity (Wildman–Crippen MR) is 179 cm³/mol. The van der Waals surface area contributed by atoms with Gasteiger partial charge in [-0.25, -0.2) is 0 Å². The van der Waals surface area contributed by atoms with Gasteiger partial charge < -0.3 is 20.5 Å². The first-order valence-electron chi connectivity index (χ1n) is 15.0. The van der Waals surface area contributed by atoms with Gasteiger partial charge in [0, 0.05) is 36.2 Å². The highest BCUT2D eigenvalue weighted by atomic mass is 32.2. The first kappa shape index (κ1) is 33.6. The van der Waals surface area contributed by atoms with Crippen LogP contribution >= 0.6 is 11.8 Å². The molecule has 4 rings (SSSR count). The number of carbonyl (C=O) groups is 3. The molecule has 234 valence electrons. The average Bonchev–Trinajstić information content (AvgIpc) is 3.08. The number of aliphatic hydroxyl groups excluding tert-OH is 1. The van der Waals surface area contributed by atoms with Crippen molar-refractivity contribution in [3.05, 3.63) is 144 Å². The summed E-state index contributed by atoms with van der Waals surface area (Å²) in [4.78, 5) is 37.4. The Labute approximate surface area is 269 Å². The van der Waals surface area contributed by atoms with Crippen molar-refractivity contribution < 1.29 is 24.2 Å². The molecular formula is C37H40N2O5S. The summed E-state index contributed by atoms with van der Waals surface area (Å²) in [6, 6.07) is 38.7. The molecule has 0 spiro atoms. The van der Waals surface area contributed by atoms with Gasteiger partial charge in [-0.1, -0.05) is 147 Å². The summed E-state index contributed by atoms with van der Waals surface area (Å²) >= 11 is 1.14. The van der Waals surface area contributed by atoms with Crippen LogP contribution in [0.3, 0.4) is 0 Å². The molecule has 4 aromatic rings. The summed E-state index contributed by atoms with van der Waals surface area (Å²) in [6.45, 7) is 4.01. The number of carbonyl (C=O) groups excluding carboxylic acids is 3. The summed E-state index contributed by atoms with van der Waals surface area (Å²) in [5, 5.41) is 16.5. The molecule has 0 bridgehead atoms. The number of nitrogens with one attached hydrogen (secondary N) is 2. The van der Waals surface area contributed by atoms with Gasteiger partial charge in [-0.2, -0.15) is 0 Å². The van der Waals surface area contributed by atoms with Crippen LogP contribution in [0.15, 0.2) is 121 Å². The van der Waals surface area contributed by atoms with Crippen LogP contribution in [0.2, 0.25) is 0 Å². The number of thioether (sulfide) groups is 1. The third kappa shape index (κ3) is 8.91. The van der Waals surface area contributed by atoms with Crippen LogP contribution in [0.4, 0.5) is 0 Å². The fourth-order valence-corrected chi connectivity index (χ4v) is 5.66. The smallest absolute Gasteiger partial charge is 0.249 e. The van der Waals surface area contributed by atoms with E-state index in [9.17, 15) is 19.5 Å². The zero-order chi connectivity index (χ0) is 32.1. The second-order valence-corrected chi connectivity index (χ2v) is 12.4. The largest absolute Gasteiger partial charge is 0.383 e. The molecule has 0 fully saturated rings. The molecule has 0 saturated carbocycles. The first-order chi connectivity index (χ1) is 21.7. The first-order valence-corrected chi connectivity index (χ1v) is 16.0. The minimum atomic E-state index is -1.39. The van der Waals surface area contributed by atoms with E-state index in [1.807, 2.05) is 109 Å². The maximum absolute atomic E-state index is 13.0. The maximum Gasteiger partial charge on any atom is 0.249 e. The molecule has 45 heavy (non-hydrogen) atoms. The average molecular weight is 625 g/mol.